The van der Waals surface area contributed by atoms with Crippen molar-refractivity contribution in [1.29, 1.82) is 0 Å². The number of fused-ring (bicyclic) bond motifs is 2. The van der Waals surface area contributed by atoms with E-state index in [9.17, 15) is 23.1 Å². The standard InChI is InChI=1S/C27H27F3NS.C13H24O2.Ir/c1-16-19-11-12-31-23(24(19)32-22(16)15-26(5,6)27(28,29)30)18-13-17-9-7-8-10-20(17)21(14-18)25(2,3)4;1-5-10(6-2)12(14)9-13(15)11(7-3)8-4;/h7-12,14H,15H2,1-6H3;9-11,14H,5-8H2,1-4H3;/q-1;;/b;12-9-;. The van der Waals surface area contributed by atoms with Crippen LogP contribution in [0, 0.1) is 30.2 Å². The van der Waals surface area contributed by atoms with Crippen molar-refractivity contribution in [3.05, 3.63) is 76.5 Å². The molecule has 48 heavy (non-hydrogen) atoms. The smallest absolute Gasteiger partial charge is 0.394 e. The number of carbonyl (C=O) groups is 1. The quantitative estimate of drug-likeness (QED) is 0.0982. The summed E-state index contributed by atoms with van der Waals surface area (Å²) in [5.74, 6) is 0.547. The first-order valence-electron chi connectivity index (χ1n) is 16.7. The number of aryl methyl sites for hydroxylation is 1. The predicted octanol–water partition coefficient (Wildman–Crippen LogP) is 12.5. The van der Waals surface area contributed by atoms with Crippen LogP contribution in [0.25, 0.3) is 32.1 Å². The van der Waals surface area contributed by atoms with Crippen LogP contribution in [-0.2, 0) is 36.7 Å². The number of allylic oxidation sites excluding steroid dienone is 2. The van der Waals surface area contributed by atoms with E-state index in [2.05, 4.69) is 44.0 Å². The molecule has 0 atom stereocenters. The van der Waals surface area contributed by atoms with Gasteiger partial charge in [-0.05, 0) is 61.5 Å². The zero-order chi connectivity index (χ0) is 35.3. The van der Waals surface area contributed by atoms with Crippen LogP contribution in [0.15, 0.2) is 54.4 Å². The van der Waals surface area contributed by atoms with Gasteiger partial charge < -0.3 is 5.11 Å². The zero-order valence-corrected chi connectivity index (χ0v) is 33.2. The monoisotopic (exact) mass is 859 g/mol. The predicted molar refractivity (Wildman–Crippen MR) is 192 cm³/mol. The molecule has 2 aromatic heterocycles. The van der Waals surface area contributed by atoms with E-state index in [-0.39, 0.29) is 55.3 Å². The van der Waals surface area contributed by atoms with E-state index in [1.165, 1.54) is 36.8 Å². The Morgan fingerprint density at radius 2 is 1.52 bits per heavy atom. The fourth-order valence-corrected chi connectivity index (χ4v) is 7.35. The van der Waals surface area contributed by atoms with Gasteiger partial charge in [0.2, 0.25) is 0 Å². The van der Waals surface area contributed by atoms with E-state index >= 15 is 0 Å². The number of carbonyl (C=O) groups excluding carboxylic acids is 1. The molecular weight excluding hydrogens is 808 g/mol. The number of thiophene rings is 1. The summed E-state index contributed by atoms with van der Waals surface area (Å²) in [6.07, 6.45) is 2.35. The van der Waals surface area contributed by atoms with Gasteiger partial charge >= 0.3 is 6.18 Å². The Bertz CT molecular complexity index is 1710. The zero-order valence-electron chi connectivity index (χ0n) is 30.0. The average molecular weight is 859 g/mol. The largest absolute Gasteiger partial charge is 0.512 e. The third kappa shape index (κ3) is 9.57. The van der Waals surface area contributed by atoms with Gasteiger partial charge in [0.25, 0.3) is 0 Å². The maximum Gasteiger partial charge on any atom is 0.394 e. The maximum absolute atomic E-state index is 13.5. The van der Waals surface area contributed by atoms with Gasteiger partial charge in [0.1, 0.15) is 0 Å². The van der Waals surface area contributed by atoms with Gasteiger partial charge in [0, 0.05) is 59.5 Å². The molecule has 0 aliphatic rings. The summed E-state index contributed by atoms with van der Waals surface area (Å²) < 4.78 is 41.5. The fourth-order valence-electron chi connectivity index (χ4n) is 5.82. The Hall–Kier alpha value is -2.54. The molecule has 1 radical (unpaired) electrons. The molecule has 8 heteroatoms. The Balaban J connectivity index is 0.000000427. The number of pyridine rings is 1. The van der Waals surface area contributed by atoms with Gasteiger partial charge in [-0.25, -0.2) is 0 Å². The topological polar surface area (TPSA) is 50.2 Å². The first-order chi connectivity index (χ1) is 21.9. The number of aliphatic hydroxyl groups is 1. The average Bonchev–Trinajstić information content (AvgIpc) is 3.31. The van der Waals surface area contributed by atoms with E-state index in [0.29, 0.717) is 0 Å². The molecule has 0 spiro atoms. The van der Waals surface area contributed by atoms with E-state index in [1.54, 1.807) is 6.20 Å². The van der Waals surface area contributed by atoms with Gasteiger partial charge in [0.15, 0.2) is 5.78 Å². The number of ketones is 1. The molecule has 0 unspecified atom stereocenters. The van der Waals surface area contributed by atoms with Gasteiger partial charge in [-0.3, -0.25) is 9.78 Å². The van der Waals surface area contributed by atoms with Crippen LogP contribution in [0.5, 0.6) is 0 Å². The SMILES string of the molecule is CCC(CC)C(=O)/C=C(\O)C(CC)CC.Cc1c(CC(C)(C)C(F)(F)F)sc2c(-c3[c-]c4ccccc4c(C(C)(C)C)c3)nccc12.[Ir]. The van der Waals surface area contributed by atoms with E-state index in [0.717, 1.165) is 68.2 Å². The van der Waals surface area contributed by atoms with Crippen molar-refractivity contribution >= 4 is 38.0 Å². The molecule has 0 saturated heterocycles. The number of halogens is 3. The van der Waals surface area contributed by atoms with Crippen LogP contribution in [-0.4, -0.2) is 22.1 Å². The van der Waals surface area contributed by atoms with Crippen molar-refractivity contribution in [3.63, 3.8) is 0 Å². The molecule has 4 aromatic rings. The molecule has 265 valence electrons. The number of alkyl halides is 3. The molecule has 4 rings (SSSR count). The fraction of sp³-hybridized carbons (Fsp3) is 0.500. The number of benzene rings is 2. The van der Waals surface area contributed by atoms with Crippen molar-refractivity contribution in [2.45, 2.75) is 113 Å². The summed E-state index contributed by atoms with van der Waals surface area (Å²) in [7, 11) is 0. The number of aliphatic hydroxyl groups excluding tert-OH is 1. The molecule has 3 nitrogen and oxygen atoms in total. The maximum atomic E-state index is 13.5. The number of nitrogens with zero attached hydrogens (tertiary/aromatic N) is 1. The molecule has 0 saturated carbocycles. The Labute approximate surface area is 302 Å². The summed E-state index contributed by atoms with van der Waals surface area (Å²) in [6.45, 7) is 19.1. The normalized spacial score (nSPS) is 12.8. The van der Waals surface area contributed by atoms with Gasteiger partial charge in [-0.15, -0.1) is 40.5 Å². The van der Waals surface area contributed by atoms with E-state index in [4.69, 9.17) is 0 Å². The summed E-state index contributed by atoms with van der Waals surface area (Å²) in [5, 5.41) is 12.9. The van der Waals surface area contributed by atoms with Crippen LogP contribution in [0.3, 0.4) is 0 Å². The van der Waals surface area contributed by atoms with Gasteiger partial charge in [-0.2, -0.15) is 13.2 Å². The molecule has 2 heterocycles. The van der Waals surface area contributed by atoms with Crippen LogP contribution in [0.2, 0.25) is 0 Å². The minimum atomic E-state index is -4.26. The first kappa shape index (κ1) is 41.6. The molecule has 0 bridgehead atoms. The van der Waals surface area contributed by atoms with E-state index in [1.807, 2.05) is 58.9 Å². The second kappa shape index (κ2) is 16.9. The minimum absolute atomic E-state index is 0. The van der Waals surface area contributed by atoms with Crippen LogP contribution in [0.1, 0.15) is 104 Å². The van der Waals surface area contributed by atoms with Gasteiger partial charge in [0.05, 0.1) is 11.2 Å². The van der Waals surface area contributed by atoms with Crippen molar-refractivity contribution in [2.75, 3.05) is 0 Å². The van der Waals surface area contributed by atoms with Gasteiger partial charge in [-0.1, -0.05) is 91.5 Å². The van der Waals surface area contributed by atoms with E-state index < -0.39 is 11.6 Å². The Kier molecular flexibility index (Phi) is 14.7. The number of rotatable bonds is 10. The Morgan fingerprint density at radius 1 is 0.938 bits per heavy atom. The number of hydrogen-bond donors (Lipinski definition) is 1. The molecule has 1 N–H and O–H groups in total. The second-order valence-electron chi connectivity index (χ2n) is 14.1. The summed E-state index contributed by atoms with van der Waals surface area (Å²) in [4.78, 5) is 17.1. The molecule has 0 amide bonds. The number of hydrogen-bond acceptors (Lipinski definition) is 4. The second-order valence-corrected chi connectivity index (χ2v) is 15.2. The first-order valence-corrected chi connectivity index (χ1v) is 17.6. The Morgan fingerprint density at radius 3 is 2.06 bits per heavy atom. The molecule has 2 aromatic carbocycles. The third-order valence-corrected chi connectivity index (χ3v) is 10.6. The summed E-state index contributed by atoms with van der Waals surface area (Å²) in [6, 6.07) is 15.7. The molecular formula is C40H51F3IrNO2S-. The van der Waals surface area contributed by atoms with Crippen LogP contribution < -0.4 is 0 Å². The number of aromatic nitrogens is 1. The van der Waals surface area contributed by atoms with Crippen molar-refractivity contribution in [3.8, 4) is 11.3 Å². The van der Waals surface area contributed by atoms with Crippen molar-refractivity contribution in [2.24, 2.45) is 17.3 Å². The van der Waals surface area contributed by atoms with Crippen LogP contribution >= 0.6 is 11.3 Å². The minimum Gasteiger partial charge on any atom is -0.512 e. The molecule has 0 aliphatic heterocycles. The third-order valence-electron chi connectivity index (χ3n) is 9.24. The van der Waals surface area contributed by atoms with Crippen molar-refractivity contribution < 1.29 is 43.2 Å². The molecule has 0 aliphatic carbocycles. The van der Waals surface area contributed by atoms with Crippen molar-refractivity contribution in [1.82, 2.24) is 4.98 Å². The molecule has 0 fully saturated rings. The summed E-state index contributed by atoms with van der Waals surface area (Å²) in [5.41, 5.74) is 1.89. The summed E-state index contributed by atoms with van der Waals surface area (Å²) >= 11 is 1.42. The van der Waals surface area contributed by atoms with Crippen LogP contribution in [0.4, 0.5) is 13.2 Å².